The largest absolute Gasteiger partial charge is 0.462 e. The van der Waals surface area contributed by atoms with Crippen molar-refractivity contribution in [3.63, 3.8) is 0 Å². The van der Waals surface area contributed by atoms with E-state index in [1.165, 1.54) is 321 Å². The zero-order valence-corrected chi connectivity index (χ0v) is 48.5. The Balaban J connectivity index is 3.36. The molecule has 0 heterocycles. The average Bonchev–Trinajstić information content (AvgIpc) is 3.37. The highest BCUT2D eigenvalue weighted by atomic mass is 16.6. The van der Waals surface area contributed by atoms with Crippen LogP contribution in [0.2, 0.25) is 0 Å². The fraction of sp³-hybridized carbons (Fsp3) is 0.939. The number of aliphatic hydroxyl groups is 1. The van der Waals surface area contributed by atoms with Gasteiger partial charge in [0.1, 0.15) is 6.61 Å². The maximum Gasteiger partial charge on any atom is 0.306 e. The zero-order chi connectivity index (χ0) is 51.3. The number of rotatable bonds is 62. The maximum absolute atomic E-state index is 12.3. The van der Waals surface area contributed by atoms with E-state index in [1.54, 1.807) is 0 Å². The molecule has 0 aliphatic heterocycles. The van der Waals surface area contributed by atoms with E-state index in [1.807, 2.05) is 0 Å². The van der Waals surface area contributed by atoms with Gasteiger partial charge in [-0.1, -0.05) is 341 Å². The summed E-state index contributed by atoms with van der Waals surface area (Å²) in [5.41, 5.74) is 0. The van der Waals surface area contributed by atoms with Gasteiger partial charge in [0.2, 0.25) is 0 Å². The lowest BCUT2D eigenvalue weighted by Crippen LogP contribution is -2.28. The number of allylic oxidation sites excluding steroid dienone is 2. The molecule has 0 bridgehead atoms. The summed E-state index contributed by atoms with van der Waals surface area (Å²) in [7, 11) is 0. The van der Waals surface area contributed by atoms with Gasteiger partial charge in [0.15, 0.2) is 6.10 Å². The van der Waals surface area contributed by atoms with Gasteiger partial charge >= 0.3 is 11.9 Å². The van der Waals surface area contributed by atoms with Crippen LogP contribution in [0.5, 0.6) is 0 Å². The first-order valence-corrected chi connectivity index (χ1v) is 32.7. The fourth-order valence-corrected chi connectivity index (χ4v) is 10.4. The number of hydrogen-bond acceptors (Lipinski definition) is 5. The van der Waals surface area contributed by atoms with Gasteiger partial charge in [-0.3, -0.25) is 9.59 Å². The minimum atomic E-state index is -0.769. The molecule has 0 amide bonds. The number of unbranched alkanes of at least 4 members (excludes halogenated alkanes) is 52. The molecule has 1 unspecified atom stereocenters. The molecule has 0 saturated heterocycles. The standard InChI is InChI=1S/C66H128O5/c1-3-5-7-9-11-13-15-17-19-21-23-25-26-27-28-29-30-31-32-33-34-35-36-37-38-39-41-42-44-46-48-50-52-54-56-58-60-65(68)70-63-64(62-67)71-66(69)61-59-57-55-53-51-49-47-45-43-40-24-22-20-18-16-14-12-10-8-6-4-2/h22,24,64,67H,3-21,23,25-63H2,1-2H3/b24-22-. The van der Waals surface area contributed by atoms with Crippen molar-refractivity contribution in [1.82, 2.24) is 0 Å². The van der Waals surface area contributed by atoms with Crippen LogP contribution in [0.3, 0.4) is 0 Å². The minimum Gasteiger partial charge on any atom is -0.462 e. The van der Waals surface area contributed by atoms with Crippen LogP contribution < -0.4 is 0 Å². The van der Waals surface area contributed by atoms with Crippen molar-refractivity contribution in [2.24, 2.45) is 0 Å². The van der Waals surface area contributed by atoms with Crippen LogP contribution in [-0.4, -0.2) is 36.4 Å². The molecule has 5 nitrogen and oxygen atoms in total. The first-order valence-electron chi connectivity index (χ1n) is 32.7. The van der Waals surface area contributed by atoms with Gasteiger partial charge in [0.05, 0.1) is 6.61 Å². The van der Waals surface area contributed by atoms with Gasteiger partial charge in [-0.25, -0.2) is 0 Å². The smallest absolute Gasteiger partial charge is 0.306 e. The van der Waals surface area contributed by atoms with Crippen molar-refractivity contribution in [2.45, 2.75) is 386 Å². The third-order valence-corrected chi connectivity index (χ3v) is 15.3. The Labute approximate surface area is 445 Å². The summed E-state index contributed by atoms with van der Waals surface area (Å²) in [5.74, 6) is -0.569. The molecular formula is C66H128O5. The summed E-state index contributed by atoms with van der Waals surface area (Å²) in [6.07, 6.45) is 79.6. The average molecular weight is 1000 g/mol. The van der Waals surface area contributed by atoms with Crippen LogP contribution in [0.1, 0.15) is 380 Å². The number of carbonyl (C=O) groups is 2. The monoisotopic (exact) mass is 1000 g/mol. The van der Waals surface area contributed by atoms with Gasteiger partial charge in [0, 0.05) is 12.8 Å². The molecule has 0 rings (SSSR count). The predicted molar refractivity (Wildman–Crippen MR) is 312 cm³/mol. The summed E-state index contributed by atoms with van der Waals surface area (Å²) in [4.78, 5) is 24.6. The Morgan fingerprint density at radius 3 is 0.761 bits per heavy atom. The van der Waals surface area contributed by atoms with Crippen LogP contribution in [0.15, 0.2) is 12.2 Å². The molecule has 5 heteroatoms. The molecule has 0 radical (unpaired) electrons. The molecule has 422 valence electrons. The van der Waals surface area contributed by atoms with Crippen molar-refractivity contribution < 1.29 is 24.2 Å². The Bertz CT molecular complexity index is 1040. The van der Waals surface area contributed by atoms with E-state index in [4.69, 9.17) is 9.47 Å². The van der Waals surface area contributed by atoms with Crippen LogP contribution >= 0.6 is 0 Å². The summed E-state index contributed by atoms with van der Waals surface area (Å²) >= 11 is 0. The van der Waals surface area contributed by atoms with Crippen molar-refractivity contribution >= 4 is 11.9 Å². The molecule has 71 heavy (non-hydrogen) atoms. The van der Waals surface area contributed by atoms with Crippen LogP contribution in [0, 0.1) is 0 Å². The second-order valence-electron chi connectivity index (χ2n) is 22.6. The molecule has 0 saturated carbocycles. The third-order valence-electron chi connectivity index (χ3n) is 15.3. The lowest BCUT2D eigenvalue weighted by molar-refractivity contribution is -0.161. The molecule has 0 aliphatic carbocycles. The van der Waals surface area contributed by atoms with Crippen molar-refractivity contribution in [2.75, 3.05) is 13.2 Å². The van der Waals surface area contributed by atoms with Gasteiger partial charge in [-0.15, -0.1) is 0 Å². The van der Waals surface area contributed by atoms with Gasteiger partial charge in [-0.05, 0) is 38.5 Å². The van der Waals surface area contributed by atoms with Crippen LogP contribution in [0.25, 0.3) is 0 Å². The molecular weight excluding hydrogens is 873 g/mol. The quantitative estimate of drug-likeness (QED) is 0.0373. The second kappa shape index (κ2) is 62.9. The second-order valence-corrected chi connectivity index (χ2v) is 22.6. The molecule has 0 aromatic carbocycles. The Morgan fingerprint density at radius 1 is 0.310 bits per heavy atom. The van der Waals surface area contributed by atoms with Gasteiger partial charge in [0.25, 0.3) is 0 Å². The third kappa shape index (κ3) is 61.1. The van der Waals surface area contributed by atoms with E-state index in [0.29, 0.717) is 12.8 Å². The zero-order valence-electron chi connectivity index (χ0n) is 48.5. The summed E-state index contributed by atoms with van der Waals surface area (Å²) in [6, 6.07) is 0. The highest BCUT2D eigenvalue weighted by Gasteiger charge is 2.16. The minimum absolute atomic E-state index is 0.0592. The first kappa shape index (κ1) is 69.6. The van der Waals surface area contributed by atoms with E-state index in [9.17, 15) is 14.7 Å². The normalized spacial score (nSPS) is 12.1. The van der Waals surface area contributed by atoms with E-state index in [2.05, 4.69) is 26.0 Å². The molecule has 0 aromatic rings. The van der Waals surface area contributed by atoms with E-state index < -0.39 is 6.10 Å². The number of aliphatic hydroxyl groups excluding tert-OH is 1. The highest BCUT2D eigenvalue weighted by molar-refractivity contribution is 5.70. The highest BCUT2D eigenvalue weighted by Crippen LogP contribution is 2.19. The lowest BCUT2D eigenvalue weighted by atomic mass is 10.0. The summed E-state index contributed by atoms with van der Waals surface area (Å²) in [6.45, 7) is 4.20. The summed E-state index contributed by atoms with van der Waals surface area (Å²) < 4.78 is 10.7. The van der Waals surface area contributed by atoms with Crippen molar-refractivity contribution in [1.29, 1.82) is 0 Å². The van der Waals surface area contributed by atoms with Crippen molar-refractivity contribution in [3.05, 3.63) is 12.2 Å². The summed E-state index contributed by atoms with van der Waals surface area (Å²) in [5, 5.41) is 9.67. The number of hydrogen-bond donors (Lipinski definition) is 1. The van der Waals surface area contributed by atoms with E-state index in [0.717, 1.165) is 32.1 Å². The van der Waals surface area contributed by atoms with Gasteiger partial charge in [-0.2, -0.15) is 0 Å². The number of esters is 2. The number of ether oxygens (including phenoxy) is 2. The SMILES string of the molecule is CCCCCCCCCC/C=C\CCCCCCCCCCCC(=O)OC(CO)COC(=O)CCCCCCCCCCCCCCCCCCCCCCCCCCCCCCCCCCCCCC. The number of carbonyl (C=O) groups excluding carboxylic acids is 2. The Morgan fingerprint density at radius 2 is 0.521 bits per heavy atom. The molecule has 0 aliphatic rings. The predicted octanol–water partition coefficient (Wildman–Crippen LogP) is 22.3. The fourth-order valence-electron chi connectivity index (χ4n) is 10.4. The topological polar surface area (TPSA) is 72.8 Å². The van der Waals surface area contributed by atoms with E-state index >= 15 is 0 Å². The Kier molecular flexibility index (Phi) is 61.7. The Hall–Kier alpha value is -1.36. The van der Waals surface area contributed by atoms with E-state index in [-0.39, 0.29) is 25.2 Å². The van der Waals surface area contributed by atoms with Gasteiger partial charge < -0.3 is 14.6 Å². The molecule has 0 spiro atoms. The van der Waals surface area contributed by atoms with Crippen molar-refractivity contribution in [3.8, 4) is 0 Å². The van der Waals surface area contributed by atoms with Crippen LogP contribution in [0.4, 0.5) is 0 Å². The van der Waals surface area contributed by atoms with Crippen LogP contribution in [-0.2, 0) is 19.1 Å². The molecule has 0 aromatic heterocycles. The first-order chi connectivity index (χ1) is 35.1. The molecule has 1 N–H and O–H groups in total. The molecule has 1 atom stereocenters. The lowest BCUT2D eigenvalue weighted by Gasteiger charge is -2.15. The maximum atomic E-state index is 12.3. The molecule has 0 fully saturated rings.